The van der Waals surface area contributed by atoms with E-state index in [0.29, 0.717) is 23.9 Å². The van der Waals surface area contributed by atoms with E-state index in [1.165, 1.54) is 0 Å². The molecule has 3 aromatic rings. The van der Waals surface area contributed by atoms with Crippen LogP contribution in [0.3, 0.4) is 0 Å². The SMILES string of the molecule is CCNc1nc2c(s1)[C@@H](c1cccc(OCc3ccccc3Cl)c1)CC(=O)N2. The molecule has 0 saturated heterocycles. The molecular weight excluding hydrogens is 394 g/mol. The normalized spacial score (nSPS) is 15.6. The van der Waals surface area contributed by atoms with E-state index < -0.39 is 0 Å². The minimum atomic E-state index is -0.0301. The molecule has 2 heterocycles. The number of halogens is 1. The van der Waals surface area contributed by atoms with Gasteiger partial charge in [-0.3, -0.25) is 4.79 Å². The average molecular weight is 414 g/mol. The molecule has 144 valence electrons. The molecule has 1 atom stereocenters. The van der Waals surface area contributed by atoms with Gasteiger partial charge in [-0.1, -0.05) is 53.3 Å². The number of hydrogen-bond acceptors (Lipinski definition) is 5. The first kappa shape index (κ1) is 18.8. The van der Waals surface area contributed by atoms with Crippen LogP contribution in [0.25, 0.3) is 0 Å². The Bertz CT molecular complexity index is 1000. The van der Waals surface area contributed by atoms with Gasteiger partial charge in [-0.2, -0.15) is 0 Å². The number of nitrogens with zero attached hydrogens (tertiary/aromatic N) is 1. The van der Waals surface area contributed by atoms with Crippen molar-refractivity contribution < 1.29 is 9.53 Å². The third-order valence-corrected chi connectivity index (χ3v) is 6.05. The summed E-state index contributed by atoms with van der Waals surface area (Å²) in [5.41, 5.74) is 1.98. The van der Waals surface area contributed by atoms with Crippen molar-refractivity contribution in [3.8, 4) is 5.75 Å². The molecule has 0 unspecified atom stereocenters. The van der Waals surface area contributed by atoms with Crippen molar-refractivity contribution in [3.63, 3.8) is 0 Å². The quantitative estimate of drug-likeness (QED) is 0.577. The number of carbonyl (C=O) groups is 1. The van der Waals surface area contributed by atoms with E-state index in [4.69, 9.17) is 16.3 Å². The first-order valence-corrected chi connectivity index (χ1v) is 10.3. The standard InChI is InChI=1S/C21H20ClN3O2S/c1-2-23-21-25-20-19(28-21)16(11-18(26)24-20)13-7-5-8-15(10-13)27-12-14-6-3-4-9-17(14)22/h3-10,16H,2,11-12H2,1H3,(H,23,25)(H,24,26)/t16-/m1/s1. The second-order valence-corrected chi connectivity index (χ2v) is 7.96. The number of thiazole rings is 1. The zero-order valence-corrected chi connectivity index (χ0v) is 16.9. The summed E-state index contributed by atoms with van der Waals surface area (Å²) in [6.07, 6.45) is 0.398. The zero-order chi connectivity index (χ0) is 19.5. The predicted octanol–water partition coefficient (Wildman–Crippen LogP) is 5.28. The maximum absolute atomic E-state index is 12.2. The van der Waals surface area contributed by atoms with Crippen molar-refractivity contribution in [2.24, 2.45) is 0 Å². The molecule has 1 aromatic heterocycles. The second-order valence-electron chi connectivity index (χ2n) is 6.52. The fourth-order valence-corrected chi connectivity index (χ4v) is 4.52. The molecule has 28 heavy (non-hydrogen) atoms. The first-order valence-electron chi connectivity index (χ1n) is 9.14. The zero-order valence-electron chi connectivity index (χ0n) is 15.4. The molecule has 7 heteroatoms. The van der Waals surface area contributed by atoms with E-state index in [0.717, 1.165) is 33.4 Å². The van der Waals surface area contributed by atoms with E-state index in [9.17, 15) is 4.79 Å². The Morgan fingerprint density at radius 2 is 2.14 bits per heavy atom. The summed E-state index contributed by atoms with van der Waals surface area (Å²) in [5, 5.41) is 7.62. The van der Waals surface area contributed by atoms with Crippen LogP contribution < -0.4 is 15.4 Å². The molecular formula is C21H20ClN3O2S. The van der Waals surface area contributed by atoms with Gasteiger partial charge in [0, 0.05) is 29.5 Å². The fraction of sp³-hybridized carbons (Fsp3) is 0.238. The van der Waals surface area contributed by atoms with Gasteiger partial charge in [0.05, 0.1) is 4.88 Å². The first-order chi connectivity index (χ1) is 13.6. The van der Waals surface area contributed by atoms with Crippen LogP contribution in [0.15, 0.2) is 48.5 Å². The summed E-state index contributed by atoms with van der Waals surface area (Å²) < 4.78 is 5.95. The highest BCUT2D eigenvalue weighted by Crippen LogP contribution is 2.42. The highest BCUT2D eigenvalue weighted by atomic mass is 35.5. The average Bonchev–Trinajstić information content (AvgIpc) is 3.09. The largest absolute Gasteiger partial charge is 0.489 e. The highest BCUT2D eigenvalue weighted by Gasteiger charge is 2.30. The minimum Gasteiger partial charge on any atom is -0.489 e. The molecule has 0 fully saturated rings. The lowest BCUT2D eigenvalue weighted by Crippen LogP contribution is -2.22. The summed E-state index contributed by atoms with van der Waals surface area (Å²) in [4.78, 5) is 17.8. The maximum atomic E-state index is 12.2. The van der Waals surface area contributed by atoms with Crippen molar-refractivity contribution in [1.82, 2.24) is 4.98 Å². The lowest BCUT2D eigenvalue weighted by molar-refractivity contribution is -0.116. The van der Waals surface area contributed by atoms with Crippen LogP contribution >= 0.6 is 22.9 Å². The van der Waals surface area contributed by atoms with Crippen LogP contribution in [0.1, 0.15) is 35.3 Å². The van der Waals surface area contributed by atoms with E-state index in [-0.39, 0.29) is 11.8 Å². The van der Waals surface area contributed by atoms with Crippen LogP contribution in [0.5, 0.6) is 5.75 Å². The Morgan fingerprint density at radius 1 is 1.29 bits per heavy atom. The van der Waals surface area contributed by atoms with Gasteiger partial charge in [-0.25, -0.2) is 4.98 Å². The molecule has 2 N–H and O–H groups in total. The molecule has 5 nitrogen and oxygen atoms in total. The third kappa shape index (κ3) is 3.98. The van der Waals surface area contributed by atoms with E-state index >= 15 is 0 Å². The molecule has 1 aliphatic heterocycles. The molecule has 1 aliphatic rings. The predicted molar refractivity (Wildman–Crippen MR) is 114 cm³/mol. The van der Waals surface area contributed by atoms with Gasteiger partial charge in [0.1, 0.15) is 18.2 Å². The van der Waals surface area contributed by atoms with Crippen LogP contribution in [-0.2, 0) is 11.4 Å². The highest BCUT2D eigenvalue weighted by molar-refractivity contribution is 7.16. The van der Waals surface area contributed by atoms with Gasteiger partial charge >= 0.3 is 0 Å². The molecule has 0 radical (unpaired) electrons. The Morgan fingerprint density at radius 3 is 2.96 bits per heavy atom. The van der Waals surface area contributed by atoms with E-state index in [1.807, 2.05) is 55.5 Å². The number of fused-ring (bicyclic) bond motifs is 1. The monoisotopic (exact) mass is 413 g/mol. The molecule has 0 bridgehead atoms. The number of hydrogen-bond donors (Lipinski definition) is 2. The summed E-state index contributed by atoms with van der Waals surface area (Å²) in [6, 6.07) is 15.5. The van der Waals surface area contributed by atoms with Gasteiger partial charge in [-0.15, -0.1) is 0 Å². The van der Waals surface area contributed by atoms with Crippen molar-refractivity contribution in [2.75, 3.05) is 17.2 Å². The number of ether oxygens (including phenoxy) is 1. The third-order valence-electron chi connectivity index (χ3n) is 4.56. The number of aromatic nitrogens is 1. The van der Waals surface area contributed by atoms with Crippen LogP contribution in [0, 0.1) is 0 Å². The molecule has 1 amide bonds. The summed E-state index contributed by atoms with van der Waals surface area (Å²) in [6.45, 7) is 3.21. The number of carbonyl (C=O) groups excluding carboxylic acids is 1. The maximum Gasteiger partial charge on any atom is 0.226 e. The molecule has 0 aliphatic carbocycles. The van der Waals surface area contributed by atoms with Gasteiger partial charge in [0.2, 0.25) is 5.91 Å². The van der Waals surface area contributed by atoms with Crippen LogP contribution in [0.4, 0.5) is 10.9 Å². The summed E-state index contributed by atoms with van der Waals surface area (Å²) in [7, 11) is 0. The second kappa shape index (κ2) is 8.20. The molecule has 2 aromatic carbocycles. The Hall–Kier alpha value is -2.57. The number of benzene rings is 2. The Balaban J connectivity index is 1.57. The van der Waals surface area contributed by atoms with Crippen LogP contribution in [0.2, 0.25) is 5.02 Å². The summed E-state index contributed by atoms with van der Waals surface area (Å²) in [5.74, 6) is 1.36. The summed E-state index contributed by atoms with van der Waals surface area (Å²) >= 11 is 7.80. The van der Waals surface area contributed by atoms with Gasteiger partial charge in [0.15, 0.2) is 5.13 Å². The Labute approximate surface area is 172 Å². The Kier molecular flexibility index (Phi) is 5.50. The van der Waals surface area contributed by atoms with Gasteiger partial charge < -0.3 is 15.4 Å². The molecule has 4 rings (SSSR count). The lowest BCUT2D eigenvalue weighted by atomic mass is 9.91. The van der Waals surface area contributed by atoms with E-state index in [1.54, 1.807) is 11.3 Å². The van der Waals surface area contributed by atoms with Crippen molar-refractivity contribution in [3.05, 3.63) is 69.6 Å². The number of amides is 1. The molecule has 0 spiro atoms. The molecule has 0 saturated carbocycles. The van der Waals surface area contributed by atoms with Crippen molar-refractivity contribution >= 4 is 39.8 Å². The smallest absolute Gasteiger partial charge is 0.226 e. The lowest BCUT2D eigenvalue weighted by Gasteiger charge is -2.22. The van der Waals surface area contributed by atoms with Crippen molar-refractivity contribution in [1.29, 1.82) is 0 Å². The topological polar surface area (TPSA) is 63.3 Å². The van der Waals surface area contributed by atoms with Crippen LogP contribution in [-0.4, -0.2) is 17.4 Å². The van der Waals surface area contributed by atoms with Gasteiger partial charge in [-0.05, 0) is 30.7 Å². The van der Waals surface area contributed by atoms with E-state index in [2.05, 4.69) is 15.6 Å². The van der Waals surface area contributed by atoms with Gasteiger partial charge in [0.25, 0.3) is 0 Å². The fourth-order valence-electron chi connectivity index (χ4n) is 3.21. The minimum absolute atomic E-state index is 0.0202. The number of rotatable bonds is 6. The van der Waals surface area contributed by atoms with Crippen molar-refractivity contribution in [2.45, 2.75) is 25.9 Å². The number of anilines is 2. The number of nitrogens with one attached hydrogen (secondary N) is 2.